The van der Waals surface area contributed by atoms with Crippen LogP contribution in [0.5, 0.6) is 5.88 Å². The van der Waals surface area contributed by atoms with E-state index in [2.05, 4.69) is 75.2 Å². The summed E-state index contributed by atoms with van der Waals surface area (Å²) in [6.45, 7) is 6.69. The Labute approximate surface area is 188 Å². The maximum absolute atomic E-state index is 6.17. The van der Waals surface area contributed by atoms with Crippen molar-refractivity contribution in [2.45, 2.75) is 19.9 Å². The monoisotopic (exact) mass is 428 g/mol. The van der Waals surface area contributed by atoms with Gasteiger partial charge < -0.3 is 14.1 Å². The van der Waals surface area contributed by atoms with Gasteiger partial charge in [0.1, 0.15) is 11.3 Å². The summed E-state index contributed by atoms with van der Waals surface area (Å²) < 4.78 is 11.4. The zero-order chi connectivity index (χ0) is 21.9. The molecule has 0 saturated carbocycles. The molecule has 0 N–H and O–H groups in total. The molecule has 0 atom stereocenters. The standard InChI is InChI=1S/C26H28N4O2/c1-19-4-6-20(7-5-19)21-8-9-24-22(16-21)17-23(32-24)18-29-12-3-13-30(15-14-29)26-27-11-10-25(28-26)31-2/h4-11,16-17H,3,12-15,18H2,1-2H3. The molecule has 0 bridgehead atoms. The minimum Gasteiger partial charge on any atom is -0.481 e. The first-order chi connectivity index (χ1) is 15.7. The zero-order valence-electron chi connectivity index (χ0n) is 18.6. The molecule has 0 amide bonds. The third-order valence-corrected chi connectivity index (χ3v) is 6.03. The zero-order valence-corrected chi connectivity index (χ0v) is 18.6. The van der Waals surface area contributed by atoms with Gasteiger partial charge in [-0.15, -0.1) is 0 Å². The first kappa shape index (κ1) is 20.5. The van der Waals surface area contributed by atoms with Crippen LogP contribution in [0.15, 0.2) is 65.2 Å². The molecule has 0 aliphatic carbocycles. The van der Waals surface area contributed by atoms with Crippen molar-refractivity contribution in [1.29, 1.82) is 0 Å². The summed E-state index contributed by atoms with van der Waals surface area (Å²) in [4.78, 5) is 13.6. The van der Waals surface area contributed by atoms with Gasteiger partial charge in [0.25, 0.3) is 0 Å². The second-order valence-electron chi connectivity index (χ2n) is 8.35. The van der Waals surface area contributed by atoms with Crippen molar-refractivity contribution in [3.63, 3.8) is 0 Å². The van der Waals surface area contributed by atoms with E-state index in [0.717, 1.165) is 61.8 Å². The lowest BCUT2D eigenvalue weighted by Gasteiger charge is -2.21. The molecule has 1 aliphatic heterocycles. The van der Waals surface area contributed by atoms with Gasteiger partial charge >= 0.3 is 0 Å². The summed E-state index contributed by atoms with van der Waals surface area (Å²) in [6, 6.07) is 19.0. The van der Waals surface area contributed by atoms with E-state index in [4.69, 9.17) is 9.15 Å². The number of ether oxygens (including phenoxy) is 1. The van der Waals surface area contributed by atoms with Crippen molar-refractivity contribution in [2.75, 3.05) is 38.2 Å². The highest BCUT2D eigenvalue weighted by atomic mass is 16.5. The summed E-state index contributed by atoms with van der Waals surface area (Å²) in [6.07, 6.45) is 2.81. The smallest absolute Gasteiger partial charge is 0.228 e. The Kier molecular flexibility index (Phi) is 5.77. The fourth-order valence-corrected chi connectivity index (χ4v) is 4.25. The predicted octanol–water partition coefficient (Wildman–Crippen LogP) is 4.92. The van der Waals surface area contributed by atoms with E-state index in [1.165, 1.54) is 16.7 Å². The van der Waals surface area contributed by atoms with Crippen LogP contribution in [0, 0.1) is 6.92 Å². The second kappa shape index (κ2) is 9.01. The van der Waals surface area contributed by atoms with Crippen LogP contribution in [0.4, 0.5) is 5.95 Å². The molecule has 0 spiro atoms. The number of anilines is 1. The number of aryl methyl sites for hydroxylation is 1. The Hall–Kier alpha value is -3.38. The number of benzene rings is 2. The Morgan fingerprint density at radius 1 is 0.938 bits per heavy atom. The van der Waals surface area contributed by atoms with E-state index in [1.54, 1.807) is 19.4 Å². The number of methoxy groups -OCH3 is 1. The topological polar surface area (TPSA) is 54.6 Å². The van der Waals surface area contributed by atoms with Crippen LogP contribution in [0.1, 0.15) is 17.7 Å². The van der Waals surface area contributed by atoms with Gasteiger partial charge in [-0.2, -0.15) is 4.98 Å². The minimum atomic E-state index is 0.600. The van der Waals surface area contributed by atoms with Gasteiger partial charge in [0.2, 0.25) is 11.8 Å². The van der Waals surface area contributed by atoms with Crippen molar-refractivity contribution >= 4 is 16.9 Å². The number of nitrogens with zero attached hydrogens (tertiary/aromatic N) is 4. The van der Waals surface area contributed by atoms with Crippen molar-refractivity contribution in [3.05, 3.63) is 72.1 Å². The van der Waals surface area contributed by atoms with Crippen LogP contribution >= 0.6 is 0 Å². The molecule has 5 rings (SSSR count). The summed E-state index contributed by atoms with van der Waals surface area (Å²) in [5.74, 6) is 2.34. The summed E-state index contributed by atoms with van der Waals surface area (Å²) >= 11 is 0. The molecular formula is C26H28N4O2. The lowest BCUT2D eigenvalue weighted by atomic mass is 10.0. The third kappa shape index (κ3) is 4.46. The molecule has 1 fully saturated rings. The molecule has 6 nitrogen and oxygen atoms in total. The third-order valence-electron chi connectivity index (χ3n) is 6.03. The minimum absolute atomic E-state index is 0.600. The van der Waals surface area contributed by atoms with Crippen LogP contribution in [0.25, 0.3) is 22.1 Å². The van der Waals surface area contributed by atoms with E-state index < -0.39 is 0 Å². The Balaban J connectivity index is 1.27. The molecule has 1 aliphatic rings. The molecular weight excluding hydrogens is 400 g/mol. The maximum Gasteiger partial charge on any atom is 0.228 e. The molecule has 6 heteroatoms. The van der Waals surface area contributed by atoms with Crippen molar-refractivity contribution in [3.8, 4) is 17.0 Å². The van der Waals surface area contributed by atoms with E-state index in [-0.39, 0.29) is 0 Å². The van der Waals surface area contributed by atoms with Gasteiger partial charge in [0.15, 0.2) is 0 Å². The highest BCUT2D eigenvalue weighted by molar-refractivity contribution is 5.84. The fraction of sp³-hybridized carbons (Fsp3) is 0.308. The van der Waals surface area contributed by atoms with Gasteiger partial charge in [0, 0.05) is 43.8 Å². The predicted molar refractivity (Wildman–Crippen MR) is 127 cm³/mol. The molecule has 4 aromatic rings. The van der Waals surface area contributed by atoms with Crippen molar-refractivity contribution in [1.82, 2.24) is 14.9 Å². The number of hydrogen-bond donors (Lipinski definition) is 0. The van der Waals surface area contributed by atoms with Crippen molar-refractivity contribution < 1.29 is 9.15 Å². The largest absolute Gasteiger partial charge is 0.481 e. The molecule has 0 unspecified atom stereocenters. The summed E-state index contributed by atoms with van der Waals surface area (Å²) in [5, 5.41) is 1.15. The Morgan fingerprint density at radius 3 is 2.62 bits per heavy atom. The second-order valence-corrected chi connectivity index (χ2v) is 8.35. The number of fused-ring (bicyclic) bond motifs is 1. The van der Waals surface area contributed by atoms with Crippen LogP contribution < -0.4 is 9.64 Å². The molecule has 2 aromatic carbocycles. The molecule has 164 valence electrons. The molecule has 0 radical (unpaired) electrons. The lowest BCUT2D eigenvalue weighted by Crippen LogP contribution is -2.31. The van der Waals surface area contributed by atoms with Gasteiger partial charge in [-0.25, -0.2) is 4.98 Å². The van der Waals surface area contributed by atoms with Gasteiger partial charge in [-0.05, 0) is 42.7 Å². The van der Waals surface area contributed by atoms with E-state index in [9.17, 15) is 0 Å². The molecule has 32 heavy (non-hydrogen) atoms. The molecule has 2 aromatic heterocycles. The van der Waals surface area contributed by atoms with Crippen LogP contribution in [0.3, 0.4) is 0 Å². The number of aromatic nitrogens is 2. The number of rotatable bonds is 5. The maximum atomic E-state index is 6.17. The fourth-order valence-electron chi connectivity index (χ4n) is 4.25. The average Bonchev–Trinajstić information content (AvgIpc) is 3.07. The van der Waals surface area contributed by atoms with Gasteiger partial charge in [-0.3, -0.25) is 4.90 Å². The SMILES string of the molecule is COc1ccnc(N2CCCN(Cc3cc4cc(-c5ccc(C)cc5)ccc4o3)CC2)n1. The molecule has 3 heterocycles. The Morgan fingerprint density at radius 2 is 1.78 bits per heavy atom. The van der Waals surface area contributed by atoms with E-state index in [1.807, 2.05) is 0 Å². The van der Waals surface area contributed by atoms with E-state index >= 15 is 0 Å². The summed E-state index contributed by atoms with van der Waals surface area (Å²) in [5.41, 5.74) is 4.66. The summed E-state index contributed by atoms with van der Waals surface area (Å²) in [7, 11) is 1.63. The average molecular weight is 429 g/mol. The van der Waals surface area contributed by atoms with Crippen LogP contribution in [-0.4, -0.2) is 48.2 Å². The highest BCUT2D eigenvalue weighted by Gasteiger charge is 2.19. The normalized spacial score (nSPS) is 15.1. The van der Waals surface area contributed by atoms with Crippen LogP contribution in [-0.2, 0) is 6.54 Å². The van der Waals surface area contributed by atoms with Gasteiger partial charge in [-0.1, -0.05) is 35.9 Å². The van der Waals surface area contributed by atoms with E-state index in [0.29, 0.717) is 5.88 Å². The first-order valence-electron chi connectivity index (χ1n) is 11.1. The first-order valence-corrected chi connectivity index (χ1v) is 11.1. The lowest BCUT2D eigenvalue weighted by molar-refractivity contribution is 0.263. The van der Waals surface area contributed by atoms with Gasteiger partial charge in [0.05, 0.1) is 13.7 Å². The Bertz CT molecular complexity index is 1200. The number of hydrogen-bond acceptors (Lipinski definition) is 6. The highest BCUT2D eigenvalue weighted by Crippen LogP contribution is 2.28. The molecule has 1 saturated heterocycles. The van der Waals surface area contributed by atoms with Crippen molar-refractivity contribution in [2.24, 2.45) is 0 Å². The number of furan rings is 1. The quantitative estimate of drug-likeness (QED) is 0.450. The van der Waals surface area contributed by atoms with Crippen LogP contribution in [0.2, 0.25) is 0 Å².